The summed E-state index contributed by atoms with van der Waals surface area (Å²) in [6, 6.07) is 11.6. The molecule has 0 saturated carbocycles. The highest BCUT2D eigenvalue weighted by Crippen LogP contribution is 2.32. The van der Waals surface area contributed by atoms with Crippen LogP contribution in [0.5, 0.6) is 5.75 Å². The summed E-state index contributed by atoms with van der Waals surface area (Å²) in [4.78, 5) is 56.9. The Morgan fingerprint density at radius 1 is 1.14 bits per heavy atom. The summed E-state index contributed by atoms with van der Waals surface area (Å²) in [6.45, 7) is -0.0416. The summed E-state index contributed by atoms with van der Waals surface area (Å²) < 4.78 is 10.1. The number of nitrogens with one attached hydrogen (secondary N) is 3. The maximum absolute atomic E-state index is 12.9. The van der Waals surface area contributed by atoms with E-state index in [0.717, 1.165) is 11.1 Å². The van der Waals surface area contributed by atoms with Gasteiger partial charge in [0.15, 0.2) is 6.61 Å². The maximum atomic E-state index is 12.9. The molecule has 0 radical (unpaired) electrons. The second-order valence-electron chi connectivity index (χ2n) is 8.65. The van der Waals surface area contributed by atoms with E-state index in [0.29, 0.717) is 35.4 Å². The molecular weight excluding hydrogens is 478 g/mol. The largest absolute Gasteiger partial charge is 0.482 e. The summed E-state index contributed by atoms with van der Waals surface area (Å²) in [6.07, 6.45) is 2.64. The zero-order valence-corrected chi connectivity index (χ0v) is 19.9. The number of aromatic nitrogens is 2. The first-order chi connectivity index (χ1) is 17.9. The van der Waals surface area contributed by atoms with Gasteiger partial charge < -0.3 is 25.4 Å². The van der Waals surface area contributed by atoms with Crippen molar-refractivity contribution >= 4 is 35.2 Å². The minimum atomic E-state index is -0.404. The molecule has 0 spiro atoms. The lowest BCUT2D eigenvalue weighted by Crippen LogP contribution is -2.28. The molecule has 3 amide bonds. The van der Waals surface area contributed by atoms with Gasteiger partial charge in [-0.25, -0.2) is 14.8 Å². The van der Waals surface area contributed by atoms with Crippen molar-refractivity contribution in [2.45, 2.75) is 25.3 Å². The topological polar surface area (TPSA) is 149 Å². The average Bonchev–Trinajstić information content (AvgIpc) is 3.29. The van der Waals surface area contributed by atoms with Crippen LogP contribution in [0.2, 0.25) is 0 Å². The number of aryl methyl sites for hydroxylation is 1. The van der Waals surface area contributed by atoms with Crippen molar-refractivity contribution in [1.82, 2.24) is 15.3 Å². The van der Waals surface area contributed by atoms with Crippen LogP contribution in [0.25, 0.3) is 0 Å². The average molecular weight is 501 g/mol. The molecule has 2 aromatic carbocycles. The van der Waals surface area contributed by atoms with Gasteiger partial charge in [-0.2, -0.15) is 0 Å². The Morgan fingerprint density at radius 3 is 2.84 bits per heavy atom. The van der Waals surface area contributed by atoms with Gasteiger partial charge in [0.2, 0.25) is 5.91 Å². The van der Waals surface area contributed by atoms with E-state index in [2.05, 4.69) is 25.9 Å². The predicted molar refractivity (Wildman–Crippen MR) is 131 cm³/mol. The van der Waals surface area contributed by atoms with Crippen molar-refractivity contribution in [1.29, 1.82) is 0 Å². The third-order valence-corrected chi connectivity index (χ3v) is 6.16. The number of carbonyl (C=O) groups excluding carboxylic acids is 4. The van der Waals surface area contributed by atoms with Gasteiger partial charge in [0.1, 0.15) is 23.6 Å². The Labute approximate surface area is 211 Å². The standard InChI is InChI=1S/C26H23N5O6/c1-36-26(35)16-3-5-17-15(10-16)4-6-18(17)30-25(34)20-11-22(28-13-27-20)31-23(32)9-14-2-7-21-19(8-14)29-24(33)12-37-21/h2-3,5,7-8,10-11,13,18H,4,6,9,12H2,1H3,(H,29,33)(H,30,34)(H,27,28,31,32)/t18-/m0/s1. The lowest BCUT2D eigenvalue weighted by atomic mass is 10.0. The van der Waals surface area contributed by atoms with Gasteiger partial charge in [-0.15, -0.1) is 0 Å². The number of amides is 3. The lowest BCUT2D eigenvalue weighted by molar-refractivity contribution is -0.118. The maximum Gasteiger partial charge on any atom is 0.337 e. The second kappa shape index (κ2) is 10.1. The molecule has 2 aliphatic rings. The van der Waals surface area contributed by atoms with Crippen molar-refractivity contribution < 1.29 is 28.7 Å². The van der Waals surface area contributed by atoms with Crippen LogP contribution < -0.4 is 20.7 Å². The van der Waals surface area contributed by atoms with Gasteiger partial charge >= 0.3 is 5.97 Å². The monoisotopic (exact) mass is 501 g/mol. The number of anilines is 2. The Kier molecular flexibility index (Phi) is 6.50. The van der Waals surface area contributed by atoms with E-state index in [-0.39, 0.29) is 42.4 Å². The number of rotatable bonds is 6. The first-order valence-corrected chi connectivity index (χ1v) is 11.6. The number of hydrogen-bond acceptors (Lipinski definition) is 8. The number of fused-ring (bicyclic) bond motifs is 2. The lowest BCUT2D eigenvalue weighted by Gasteiger charge is -2.18. The quantitative estimate of drug-likeness (QED) is 0.435. The Morgan fingerprint density at radius 2 is 2.00 bits per heavy atom. The molecule has 0 unspecified atom stereocenters. The molecule has 1 aromatic heterocycles. The molecule has 3 aromatic rings. The zero-order valence-electron chi connectivity index (χ0n) is 19.9. The third kappa shape index (κ3) is 5.25. The van der Waals surface area contributed by atoms with Crippen LogP contribution in [0.15, 0.2) is 48.8 Å². The molecule has 11 nitrogen and oxygen atoms in total. The fourth-order valence-corrected chi connectivity index (χ4v) is 4.41. The van der Waals surface area contributed by atoms with E-state index < -0.39 is 11.9 Å². The summed E-state index contributed by atoms with van der Waals surface area (Å²) in [5.41, 5.74) is 3.69. The van der Waals surface area contributed by atoms with Crippen LogP contribution in [0.1, 0.15) is 50.0 Å². The molecular formula is C26H23N5O6. The molecule has 3 N–H and O–H groups in total. The molecule has 1 aliphatic carbocycles. The van der Waals surface area contributed by atoms with E-state index in [1.54, 1.807) is 30.3 Å². The second-order valence-corrected chi connectivity index (χ2v) is 8.65. The van der Waals surface area contributed by atoms with Gasteiger partial charge in [-0.1, -0.05) is 12.1 Å². The van der Waals surface area contributed by atoms with Gasteiger partial charge in [0.05, 0.1) is 30.8 Å². The number of benzene rings is 2. The normalized spacial score (nSPS) is 15.5. The first kappa shape index (κ1) is 23.9. The highest BCUT2D eigenvalue weighted by Gasteiger charge is 2.26. The van der Waals surface area contributed by atoms with Gasteiger partial charge in [-0.05, 0) is 53.8 Å². The summed E-state index contributed by atoms with van der Waals surface area (Å²) in [7, 11) is 1.33. The highest BCUT2D eigenvalue weighted by molar-refractivity contribution is 5.97. The van der Waals surface area contributed by atoms with E-state index >= 15 is 0 Å². The minimum Gasteiger partial charge on any atom is -0.482 e. The molecule has 0 bridgehead atoms. The third-order valence-electron chi connectivity index (χ3n) is 6.16. The van der Waals surface area contributed by atoms with Crippen LogP contribution in [0.4, 0.5) is 11.5 Å². The number of hydrogen-bond donors (Lipinski definition) is 3. The van der Waals surface area contributed by atoms with Crippen LogP contribution in [-0.2, 0) is 27.2 Å². The molecule has 188 valence electrons. The zero-order chi connectivity index (χ0) is 25.9. The highest BCUT2D eigenvalue weighted by atomic mass is 16.5. The van der Waals surface area contributed by atoms with E-state index in [1.165, 1.54) is 19.5 Å². The SMILES string of the molecule is COC(=O)c1ccc2c(c1)CC[C@@H]2NC(=O)c1cc(NC(=O)Cc2ccc3c(c2)NC(=O)CO3)ncn1. The van der Waals surface area contributed by atoms with E-state index in [9.17, 15) is 19.2 Å². The number of ether oxygens (including phenoxy) is 2. The molecule has 11 heteroatoms. The molecule has 1 atom stereocenters. The van der Waals surface area contributed by atoms with Crippen molar-refractivity contribution in [2.75, 3.05) is 24.4 Å². The Hall–Kier alpha value is -4.80. The van der Waals surface area contributed by atoms with E-state index in [4.69, 9.17) is 9.47 Å². The van der Waals surface area contributed by atoms with E-state index in [1.807, 2.05) is 6.07 Å². The van der Waals surface area contributed by atoms with Crippen LogP contribution in [-0.4, -0.2) is 47.4 Å². The molecule has 0 saturated heterocycles. The Bertz CT molecular complexity index is 1420. The van der Waals surface area contributed by atoms with Crippen molar-refractivity contribution in [2.24, 2.45) is 0 Å². The summed E-state index contributed by atoms with van der Waals surface area (Å²) >= 11 is 0. The number of esters is 1. The number of nitrogens with zero attached hydrogens (tertiary/aromatic N) is 2. The van der Waals surface area contributed by atoms with Gasteiger partial charge in [0, 0.05) is 6.07 Å². The number of methoxy groups -OCH3 is 1. The first-order valence-electron chi connectivity index (χ1n) is 11.6. The molecule has 5 rings (SSSR count). The molecule has 1 aliphatic heterocycles. The fraction of sp³-hybridized carbons (Fsp3) is 0.231. The van der Waals surface area contributed by atoms with Gasteiger partial charge in [-0.3, -0.25) is 14.4 Å². The van der Waals surface area contributed by atoms with Crippen LogP contribution >= 0.6 is 0 Å². The van der Waals surface area contributed by atoms with Crippen LogP contribution in [0, 0.1) is 0 Å². The molecule has 0 fully saturated rings. The van der Waals surface area contributed by atoms with Crippen molar-refractivity contribution in [3.05, 3.63) is 76.7 Å². The molecule has 2 heterocycles. The smallest absolute Gasteiger partial charge is 0.337 e. The van der Waals surface area contributed by atoms with Gasteiger partial charge in [0.25, 0.3) is 11.8 Å². The minimum absolute atomic E-state index is 0.0289. The molecule has 37 heavy (non-hydrogen) atoms. The summed E-state index contributed by atoms with van der Waals surface area (Å²) in [5.74, 6) is -0.679. The van der Waals surface area contributed by atoms with Crippen LogP contribution in [0.3, 0.4) is 0 Å². The number of carbonyl (C=O) groups is 4. The van der Waals surface area contributed by atoms with Crippen molar-refractivity contribution in [3.8, 4) is 5.75 Å². The summed E-state index contributed by atoms with van der Waals surface area (Å²) in [5, 5.41) is 8.34. The predicted octanol–water partition coefficient (Wildman–Crippen LogP) is 2.19. The fourth-order valence-electron chi connectivity index (χ4n) is 4.41. The van der Waals surface area contributed by atoms with Crippen molar-refractivity contribution in [3.63, 3.8) is 0 Å². The Balaban J connectivity index is 1.21.